The Bertz CT molecular complexity index is 741. The molecule has 0 bridgehead atoms. The Morgan fingerprint density at radius 2 is 2.17 bits per heavy atom. The third-order valence-corrected chi connectivity index (χ3v) is 4.07. The lowest BCUT2D eigenvalue weighted by Crippen LogP contribution is -2.26. The number of carbonyl (C=O) groups is 1. The van der Waals surface area contributed by atoms with Gasteiger partial charge in [0, 0.05) is 37.7 Å². The van der Waals surface area contributed by atoms with Crippen LogP contribution in [0.25, 0.3) is 10.7 Å². The lowest BCUT2D eigenvalue weighted by Gasteiger charge is -2.03. The quantitative estimate of drug-likeness (QED) is 0.720. The van der Waals surface area contributed by atoms with E-state index in [4.69, 9.17) is 4.52 Å². The molecule has 0 aromatic carbocycles. The Balaban J connectivity index is 1.41. The molecule has 7 heteroatoms. The molecule has 0 unspecified atom stereocenters. The lowest BCUT2D eigenvalue weighted by molar-refractivity contribution is -0.121. The van der Waals surface area contributed by atoms with Crippen molar-refractivity contribution in [2.24, 2.45) is 0 Å². The third-order valence-electron chi connectivity index (χ3n) is 3.21. The van der Waals surface area contributed by atoms with E-state index >= 15 is 0 Å². The zero-order valence-corrected chi connectivity index (χ0v) is 13.3. The van der Waals surface area contributed by atoms with Crippen LogP contribution in [0.5, 0.6) is 0 Å². The molecule has 0 fully saturated rings. The Labute approximate surface area is 137 Å². The zero-order chi connectivity index (χ0) is 15.9. The normalized spacial score (nSPS) is 10.6. The smallest absolute Gasteiger partial charge is 0.227 e. The van der Waals surface area contributed by atoms with Crippen LogP contribution >= 0.6 is 11.3 Å². The topological polar surface area (TPSA) is 80.9 Å². The van der Waals surface area contributed by atoms with Crippen LogP contribution in [-0.4, -0.2) is 27.6 Å². The van der Waals surface area contributed by atoms with Gasteiger partial charge >= 0.3 is 0 Å². The molecule has 0 saturated heterocycles. The summed E-state index contributed by atoms with van der Waals surface area (Å²) in [6.07, 6.45) is 3.23. The molecule has 3 aromatic rings. The molecule has 1 N–H and O–H groups in total. The van der Waals surface area contributed by atoms with Crippen molar-refractivity contribution in [3.05, 3.63) is 53.5 Å². The maximum atomic E-state index is 11.8. The number of carbonyl (C=O) groups excluding carboxylic acids is 1. The van der Waals surface area contributed by atoms with E-state index in [0.29, 0.717) is 31.1 Å². The summed E-state index contributed by atoms with van der Waals surface area (Å²) in [6, 6.07) is 9.62. The van der Waals surface area contributed by atoms with Crippen LogP contribution in [0.4, 0.5) is 0 Å². The van der Waals surface area contributed by atoms with Gasteiger partial charge in [-0.2, -0.15) is 4.98 Å². The Hall–Kier alpha value is -2.54. The van der Waals surface area contributed by atoms with E-state index in [1.807, 2.05) is 35.7 Å². The molecule has 1 amide bonds. The maximum absolute atomic E-state index is 11.8. The monoisotopic (exact) mass is 328 g/mol. The van der Waals surface area contributed by atoms with Gasteiger partial charge in [0.2, 0.25) is 17.6 Å². The van der Waals surface area contributed by atoms with Gasteiger partial charge in [-0.3, -0.25) is 9.78 Å². The van der Waals surface area contributed by atoms with E-state index in [-0.39, 0.29) is 5.91 Å². The first-order chi connectivity index (χ1) is 11.3. The second kappa shape index (κ2) is 7.64. The van der Waals surface area contributed by atoms with Crippen molar-refractivity contribution in [2.45, 2.75) is 19.3 Å². The van der Waals surface area contributed by atoms with Crippen LogP contribution in [0, 0.1) is 0 Å². The summed E-state index contributed by atoms with van der Waals surface area (Å²) in [5.41, 5.74) is 0.963. The highest BCUT2D eigenvalue weighted by Gasteiger charge is 2.11. The molecule has 0 spiro atoms. The predicted molar refractivity (Wildman–Crippen MR) is 86.9 cm³/mol. The second-order valence-electron chi connectivity index (χ2n) is 4.91. The van der Waals surface area contributed by atoms with E-state index in [1.54, 1.807) is 17.5 Å². The molecule has 0 aliphatic carbocycles. The minimum Gasteiger partial charge on any atom is -0.356 e. The second-order valence-corrected chi connectivity index (χ2v) is 5.86. The first-order valence-corrected chi connectivity index (χ1v) is 8.22. The predicted octanol–water partition coefficient (Wildman–Crippen LogP) is 2.48. The summed E-state index contributed by atoms with van der Waals surface area (Å²) in [5.74, 6) is 1.02. The number of nitrogens with zero attached hydrogens (tertiary/aromatic N) is 3. The zero-order valence-electron chi connectivity index (χ0n) is 12.4. The standard InChI is InChI=1S/C16H16N4O2S/c21-14(18-10-8-12-4-1-2-9-17-12)6-7-15-19-16(20-22-15)13-5-3-11-23-13/h1-5,9,11H,6-8,10H2,(H,18,21). The number of aromatic nitrogens is 3. The Morgan fingerprint density at radius 3 is 2.96 bits per heavy atom. The minimum atomic E-state index is -0.0307. The number of hydrogen-bond acceptors (Lipinski definition) is 6. The average molecular weight is 328 g/mol. The molecular formula is C16H16N4O2S. The number of aryl methyl sites for hydroxylation is 1. The summed E-state index contributed by atoms with van der Waals surface area (Å²) >= 11 is 1.55. The third kappa shape index (κ3) is 4.46. The fourth-order valence-electron chi connectivity index (χ4n) is 2.05. The molecular weight excluding hydrogens is 312 g/mol. The van der Waals surface area contributed by atoms with Gasteiger partial charge in [-0.25, -0.2) is 0 Å². The first kappa shape index (κ1) is 15.4. The highest BCUT2D eigenvalue weighted by Crippen LogP contribution is 2.21. The van der Waals surface area contributed by atoms with Gasteiger partial charge in [0.1, 0.15) is 0 Å². The summed E-state index contributed by atoms with van der Waals surface area (Å²) in [4.78, 5) is 21.3. The molecule has 23 heavy (non-hydrogen) atoms. The number of nitrogens with one attached hydrogen (secondary N) is 1. The largest absolute Gasteiger partial charge is 0.356 e. The van der Waals surface area contributed by atoms with Gasteiger partial charge in [-0.15, -0.1) is 11.3 Å². The SMILES string of the molecule is O=C(CCc1nc(-c2cccs2)no1)NCCc1ccccn1. The van der Waals surface area contributed by atoms with Crippen molar-refractivity contribution in [3.8, 4) is 10.7 Å². The average Bonchev–Trinajstić information content (AvgIpc) is 3.25. The van der Waals surface area contributed by atoms with Crippen LogP contribution in [-0.2, 0) is 17.6 Å². The maximum Gasteiger partial charge on any atom is 0.227 e. The fraction of sp³-hybridized carbons (Fsp3) is 0.250. The van der Waals surface area contributed by atoms with Gasteiger partial charge in [-0.05, 0) is 23.6 Å². The van der Waals surface area contributed by atoms with Gasteiger partial charge in [-0.1, -0.05) is 17.3 Å². The summed E-state index contributed by atoms with van der Waals surface area (Å²) in [7, 11) is 0. The van der Waals surface area contributed by atoms with E-state index in [2.05, 4.69) is 20.4 Å². The molecule has 0 radical (unpaired) electrons. The minimum absolute atomic E-state index is 0.0307. The number of rotatable bonds is 7. The van der Waals surface area contributed by atoms with Crippen molar-refractivity contribution in [3.63, 3.8) is 0 Å². The first-order valence-electron chi connectivity index (χ1n) is 7.34. The van der Waals surface area contributed by atoms with Gasteiger partial charge in [0.15, 0.2) is 0 Å². The number of amides is 1. The van der Waals surface area contributed by atoms with Crippen molar-refractivity contribution >= 4 is 17.2 Å². The molecule has 0 aliphatic rings. The van der Waals surface area contributed by atoms with Crippen molar-refractivity contribution in [1.82, 2.24) is 20.4 Å². The van der Waals surface area contributed by atoms with Crippen LogP contribution in [0.1, 0.15) is 18.0 Å². The van der Waals surface area contributed by atoms with Crippen molar-refractivity contribution in [1.29, 1.82) is 0 Å². The van der Waals surface area contributed by atoms with E-state index in [1.165, 1.54) is 0 Å². The summed E-state index contributed by atoms with van der Waals surface area (Å²) in [5, 5.41) is 8.75. The van der Waals surface area contributed by atoms with Crippen molar-refractivity contribution in [2.75, 3.05) is 6.54 Å². The molecule has 3 aromatic heterocycles. The molecule has 6 nitrogen and oxygen atoms in total. The van der Waals surface area contributed by atoms with Gasteiger partial charge in [0.25, 0.3) is 0 Å². The molecule has 3 rings (SSSR count). The van der Waals surface area contributed by atoms with Gasteiger partial charge in [0.05, 0.1) is 4.88 Å². The van der Waals surface area contributed by atoms with Crippen LogP contribution in [0.15, 0.2) is 46.4 Å². The fourth-order valence-corrected chi connectivity index (χ4v) is 2.70. The molecule has 118 valence electrons. The lowest BCUT2D eigenvalue weighted by atomic mass is 10.2. The molecule has 3 heterocycles. The Morgan fingerprint density at radius 1 is 1.22 bits per heavy atom. The summed E-state index contributed by atoms with van der Waals surface area (Å²) in [6.45, 7) is 0.570. The van der Waals surface area contributed by atoms with E-state index in [0.717, 1.165) is 17.0 Å². The molecule has 0 aliphatic heterocycles. The number of thiophene rings is 1. The Kier molecular flexibility index (Phi) is 5.10. The number of hydrogen-bond donors (Lipinski definition) is 1. The van der Waals surface area contributed by atoms with Crippen molar-refractivity contribution < 1.29 is 9.32 Å². The van der Waals surface area contributed by atoms with Crippen LogP contribution in [0.3, 0.4) is 0 Å². The van der Waals surface area contributed by atoms with Crippen LogP contribution in [0.2, 0.25) is 0 Å². The van der Waals surface area contributed by atoms with E-state index in [9.17, 15) is 4.79 Å². The summed E-state index contributed by atoms with van der Waals surface area (Å²) < 4.78 is 5.17. The van der Waals surface area contributed by atoms with E-state index < -0.39 is 0 Å². The number of pyridine rings is 1. The highest BCUT2D eigenvalue weighted by molar-refractivity contribution is 7.13. The highest BCUT2D eigenvalue weighted by atomic mass is 32.1. The molecule has 0 saturated carbocycles. The van der Waals surface area contributed by atoms with Gasteiger partial charge < -0.3 is 9.84 Å². The van der Waals surface area contributed by atoms with Crippen LogP contribution < -0.4 is 5.32 Å². The molecule has 0 atom stereocenters.